The van der Waals surface area contributed by atoms with E-state index in [1.165, 1.54) is 6.92 Å². The normalized spacial score (nSPS) is 16.9. The third-order valence-corrected chi connectivity index (χ3v) is 3.68. The van der Waals surface area contributed by atoms with Crippen molar-refractivity contribution < 1.29 is 48.0 Å². The van der Waals surface area contributed by atoms with Crippen LogP contribution in [0, 0.1) is 0 Å². The molecular weight excluding hydrogens is 400 g/mol. The Morgan fingerprint density at radius 2 is 1.40 bits per heavy atom. The molecule has 0 spiro atoms. The SMILES string of the molecule is C[C@](C=O)(O[C@@](C)(C=O)OCc1ccccc1)O[C@](C)(C=O)OC(=O)CCC(=O)O. The van der Waals surface area contributed by atoms with Gasteiger partial charge in [-0.2, -0.15) is 0 Å². The van der Waals surface area contributed by atoms with Crippen molar-refractivity contribution in [1.82, 2.24) is 0 Å². The first-order valence-electron chi connectivity index (χ1n) is 8.89. The molecule has 164 valence electrons. The van der Waals surface area contributed by atoms with E-state index in [0.717, 1.165) is 19.4 Å². The van der Waals surface area contributed by atoms with Crippen LogP contribution in [0.1, 0.15) is 39.2 Å². The Morgan fingerprint density at radius 3 is 1.90 bits per heavy atom. The maximum Gasteiger partial charge on any atom is 0.309 e. The molecular formula is C20H24O10. The summed E-state index contributed by atoms with van der Waals surface area (Å²) in [5.74, 6) is -8.73. The number of benzene rings is 1. The van der Waals surface area contributed by atoms with Crippen LogP contribution in [0.3, 0.4) is 0 Å². The molecule has 0 fully saturated rings. The maximum absolute atomic E-state index is 11.8. The van der Waals surface area contributed by atoms with Crippen molar-refractivity contribution >= 4 is 30.8 Å². The molecule has 0 aliphatic heterocycles. The van der Waals surface area contributed by atoms with Crippen LogP contribution in [0.2, 0.25) is 0 Å². The summed E-state index contributed by atoms with van der Waals surface area (Å²) in [6.45, 7) is 3.35. The molecule has 0 saturated heterocycles. The lowest BCUT2D eigenvalue weighted by Crippen LogP contribution is -2.52. The Morgan fingerprint density at radius 1 is 0.867 bits per heavy atom. The smallest absolute Gasteiger partial charge is 0.309 e. The van der Waals surface area contributed by atoms with Gasteiger partial charge in [-0.15, -0.1) is 0 Å². The van der Waals surface area contributed by atoms with Crippen molar-refractivity contribution in [3.05, 3.63) is 35.9 Å². The molecule has 3 atom stereocenters. The molecule has 1 aromatic carbocycles. The Labute approximate surface area is 173 Å². The Bertz CT molecular complexity index is 764. The summed E-state index contributed by atoms with van der Waals surface area (Å²) in [5.41, 5.74) is 0.730. The summed E-state index contributed by atoms with van der Waals surface area (Å²) >= 11 is 0. The fourth-order valence-electron chi connectivity index (χ4n) is 2.32. The standard InChI is InChI=1S/C20H24O10/c1-18(12-21,27-11-15-7-5-4-6-8-15)29-20(3,14-23)30-19(2,13-22)28-17(26)10-9-16(24)25/h4-8,12-14H,9-11H2,1-3H3,(H,24,25)/t18-,19+,20-/m0/s1. The minimum atomic E-state index is -2.28. The number of rotatable bonds is 14. The molecule has 0 aliphatic carbocycles. The van der Waals surface area contributed by atoms with E-state index in [2.05, 4.69) is 0 Å². The molecule has 0 aromatic heterocycles. The van der Waals surface area contributed by atoms with E-state index >= 15 is 0 Å². The van der Waals surface area contributed by atoms with Crippen LogP contribution in [0.15, 0.2) is 30.3 Å². The third-order valence-electron chi connectivity index (χ3n) is 3.68. The molecule has 30 heavy (non-hydrogen) atoms. The molecule has 1 N–H and O–H groups in total. The number of hydrogen-bond donors (Lipinski definition) is 1. The second-order valence-electron chi connectivity index (χ2n) is 6.75. The van der Waals surface area contributed by atoms with Crippen molar-refractivity contribution in [1.29, 1.82) is 0 Å². The van der Waals surface area contributed by atoms with Gasteiger partial charge in [0.1, 0.15) is 0 Å². The summed E-state index contributed by atoms with van der Waals surface area (Å²) in [6, 6.07) is 8.84. The number of hydrogen-bond acceptors (Lipinski definition) is 9. The van der Waals surface area contributed by atoms with E-state index in [0.29, 0.717) is 6.29 Å². The van der Waals surface area contributed by atoms with Crippen LogP contribution < -0.4 is 0 Å². The number of aldehydes is 3. The second kappa shape index (κ2) is 10.7. The monoisotopic (exact) mass is 424 g/mol. The number of carbonyl (C=O) groups excluding carboxylic acids is 4. The zero-order chi connectivity index (χ0) is 22.8. The number of ether oxygens (including phenoxy) is 4. The Hall–Kier alpha value is -2.95. The molecule has 0 heterocycles. The molecule has 0 amide bonds. The molecule has 0 saturated carbocycles. The highest BCUT2D eigenvalue weighted by atomic mass is 16.8. The van der Waals surface area contributed by atoms with E-state index in [-0.39, 0.29) is 19.2 Å². The van der Waals surface area contributed by atoms with Crippen molar-refractivity contribution in [3.8, 4) is 0 Å². The molecule has 1 rings (SSSR count). The van der Waals surface area contributed by atoms with Crippen LogP contribution in [0.25, 0.3) is 0 Å². The third kappa shape index (κ3) is 8.19. The van der Waals surface area contributed by atoms with Gasteiger partial charge in [-0.25, -0.2) is 0 Å². The summed E-state index contributed by atoms with van der Waals surface area (Å²) < 4.78 is 21.0. The topological polar surface area (TPSA) is 142 Å². The van der Waals surface area contributed by atoms with Crippen LogP contribution in [-0.2, 0) is 49.5 Å². The minimum absolute atomic E-state index is 0.0276. The summed E-state index contributed by atoms with van der Waals surface area (Å²) in [5, 5.41) is 8.61. The van der Waals surface area contributed by atoms with E-state index in [4.69, 9.17) is 24.1 Å². The first-order chi connectivity index (χ1) is 14.0. The van der Waals surface area contributed by atoms with Gasteiger partial charge >= 0.3 is 11.9 Å². The summed E-state index contributed by atoms with van der Waals surface area (Å²) in [7, 11) is 0. The van der Waals surface area contributed by atoms with Crippen molar-refractivity contribution in [2.24, 2.45) is 0 Å². The minimum Gasteiger partial charge on any atom is -0.481 e. The molecule has 0 radical (unpaired) electrons. The molecule has 1 aromatic rings. The van der Waals surface area contributed by atoms with E-state index < -0.39 is 42.1 Å². The largest absolute Gasteiger partial charge is 0.481 e. The van der Waals surface area contributed by atoms with Gasteiger partial charge in [0.25, 0.3) is 5.79 Å². The molecule has 10 heteroatoms. The van der Waals surface area contributed by atoms with E-state index in [1.54, 1.807) is 30.3 Å². The second-order valence-corrected chi connectivity index (χ2v) is 6.75. The van der Waals surface area contributed by atoms with Gasteiger partial charge in [0.05, 0.1) is 19.4 Å². The van der Waals surface area contributed by atoms with Gasteiger partial charge in [-0.1, -0.05) is 30.3 Å². The predicted molar refractivity (Wildman–Crippen MR) is 99.8 cm³/mol. The van der Waals surface area contributed by atoms with Gasteiger partial charge in [-0.05, 0) is 19.4 Å². The van der Waals surface area contributed by atoms with Crippen LogP contribution >= 0.6 is 0 Å². The van der Waals surface area contributed by atoms with E-state index in [9.17, 15) is 24.0 Å². The van der Waals surface area contributed by atoms with Crippen molar-refractivity contribution in [3.63, 3.8) is 0 Å². The van der Waals surface area contributed by atoms with Gasteiger partial charge < -0.3 is 19.3 Å². The first kappa shape index (κ1) is 25.1. The van der Waals surface area contributed by atoms with Crippen LogP contribution in [-0.4, -0.2) is 53.3 Å². The quantitative estimate of drug-likeness (QED) is 0.264. The number of aliphatic carboxylic acids is 1. The van der Waals surface area contributed by atoms with Gasteiger partial charge in [0, 0.05) is 6.92 Å². The lowest BCUT2D eigenvalue weighted by atomic mass is 10.2. The summed E-state index contributed by atoms with van der Waals surface area (Å²) in [6.07, 6.45) is -0.482. The number of carbonyl (C=O) groups is 5. The average molecular weight is 424 g/mol. The zero-order valence-corrected chi connectivity index (χ0v) is 16.9. The van der Waals surface area contributed by atoms with Crippen molar-refractivity contribution in [2.45, 2.75) is 57.6 Å². The van der Waals surface area contributed by atoms with E-state index in [1.807, 2.05) is 0 Å². The highest BCUT2D eigenvalue weighted by Crippen LogP contribution is 2.27. The Balaban J connectivity index is 2.88. The zero-order valence-electron chi connectivity index (χ0n) is 16.9. The van der Waals surface area contributed by atoms with Gasteiger partial charge in [-0.3, -0.25) is 28.7 Å². The van der Waals surface area contributed by atoms with Gasteiger partial charge in [0.2, 0.25) is 11.6 Å². The van der Waals surface area contributed by atoms with Crippen LogP contribution in [0.4, 0.5) is 0 Å². The van der Waals surface area contributed by atoms with Crippen molar-refractivity contribution in [2.75, 3.05) is 0 Å². The average Bonchev–Trinajstić information content (AvgIpc) is 2.71. The lowest BCUT2D eigenvalue weighted by Gasteiger charge is -2.37. The van der Waals surface area contributed by atoms with Gasteiger partial charge in [0.15, 0.2) is 18.9 Å². The maximum atomic E-state index is 11.8. The predicted octanol–water partition coefficient (Wildman–Crippen LogP) is 1.39. The number of carboxylic acid groups (broad SMARTS) is 1. The molecule has 10 nitrogen and oxygen atoms in total. The Kier molecular flexibility index (Phi) is 8.96. The highest BCUT2D eigenvalue weighted by Gasteiger charge is 2.45. The number of esters is 1. The first-order valence-corrected chi connectivity index (χ1v) is 8.89. The summed E-state index contributed by atoms with van der Waals surface area (Å²) in [4.78, 5) is 57.0. The fraction of sp³-hybridized carbons (Fsp3) is 0.450. The molecule has 0 aliphatic rings. The lowest BCUT2D eigenvalue weighted by molar-refractivity contribution is -0.354. The highest BCUT2D eigenvalue weighted by molar-refractivity contribution is 5.78. The molecule has 0 unspecified atom stereocenters. The molecule has 0 bridgehead atoms. The number of carboxylic acids is 1. The fourth-order valence-corrected chi connectivity index (χ4v) is 2.32. The van der Waals surface area contributed by atoms with Crippen LogP contribution in [0.5, 0.6) is 0 Å².